The first-order valence-electron chi connectivity index (χ1n) is 30.8. The molecule has 6 nitrogen and oxygen atoms in total. The monoisotopic (exact) mass is 971 g/mol. The van der Waals surface area contributed by atoms with Crippen molar-refractivity contribution in [2.24, 2.45) is 0 Å². The average molecular weight is 972 g/mol. The van der Waals surface area contributed by atoms with Crippen LogP contribution < -0.4 is 0 Å². The Labute approximate surface area is 430 Å². The highest BCUT2D eigenvalue weighted by atomic mass is 16.6. The molecule has 0 aromatic heterocycles. The molecule has 6 heteroatoms. The van der Waals surface area contributed by atoms with Gasteiger partial charge in [-0.15, -0.1) is 0 Å². The van der Waals surface area contributed by atoms with Crippen LogP contribution in [-0.4, -0.2) is 37.2 Å². The van der Waals surface area contributed by atoms with E-state index in [4.69, 9.17) is 14.2 Å². The molecule has 1 atom stereocenters. The molecule has 0 radical (unpaired) electrons. The molecule has 0 spiro atoms. The second kappa shape index (κ2) is 58.5. The van der Waals surface area contributed by atoms with Gasteiger partial charge < -0.3 is 14.2 Å². The van der Waals surface area contributed by atoms with Crippen LogP contribution in [0.2, 0.25) is 0 Å². The van der Waals surface area contributed by atoms with Crippen LogP contribution in [0.15, 0.2) is 24.3 Å². The highest BCUT2D eigenvalue weighted by molar-refractivity contribution is 5.71. The van der Waals surface area contributed by atoms with Crippen molar-refractivity contribution in [3.05, 3.63) is 24.3 Å². The third kappa shape index (κ3) is 56.7. The number of rotatable bonds is 57. The minimum Gasteiger partial charge on any atom is -0.462 e. The van der Waals surface area contributed by atoms with Crippen molar-refractivity contribution in [2.75, 3.05) is 13.2 Å². The first-order valence-corrected chi connectivity index (χ1v) is 30.8. The topological polar surface area (TPSA) is 78.9 Å². The molecule has 0 aliphatic rings. The van der Waals surface area contributed by atoms with Crippen molar-refractivity contribution >= 4 is 17.9 Å². The number of allylic oxidation sites excluding steroid dienone is 4. The van der Waals surface area contributed by atoms with Crippen molar-refractivity contribution in [3.63, 3.8) is 0 Å². The van der Waals surface area contributed by atoms with E-state index >= 15 is 0 Å². The minimum atomic E-state index is -0.768. The summed E-state index contributed by atoms with van der Waals surface area (Å²) in [6.07, 6.45) is 68.9. The summed E-state index contributed by atoms with van der Waals surface area (Å²) in [4.78, 5) is 38.2. The average Bonchev–Trinajstić information content (AvgIpc) is 3.35. The Morgan fingerprint density at radius 3 is 0.826 bits per heavy atom. The molecule has 0 saturated carbocycles. The Morgan fingerprint density at radius 1 is 0.290 bits per heavy atom. The second-order valence-corrected chi connectivity index (χ2v) is 21.0. The van der Waals surface area contributed by atoms with Gasteiger partial charge in [0.2, 0.25) is 0 Å². The number of esters is 3. The molecule has 0 amide bonds. The van der Waals surface area contributed by atoms with Crippen molar-refractivity contribution < 1.29 is 28.6 Å². The maximum absolute atomic E-state index is 12.9. The van der Waals surface area contributed by atoms with Crippen LogP contribution in [0.1, 0.15) is 342 Å². The summed E-state index contributed by atoms with van der Waals surface area (Å²) in [6, 6.07) is 0. The predicted octanol–water partition coefficient (Wildman–Crippen LogP) is 20.7. The van der Waals surface area contributed by atoms with E-state index in [0.717, 1.165) is 64.2 Å². The van der Waals surface area contributed by atoms with E-state index in [9.17, 15) is 14.4 Å². The van der Waals surface area contributed by atoms with Gasteiger partial charge in [0.05, 0.1) is 0 Å². The van der Waals surface area contributed by atoms with E-state index in [1.54, 1.807) is 0 Å². The van der Waals surface area contributed by atoms with Crippen molar-refractivity contribution in [1.29, 1.82) is 0 Å². The summed E-state index contributed by atoms with van der Waals surface area (Å²) >= 11 is 0. The molecule has 0 aromatic carbocycles. The van der Waals surface area contributed by atoms with Crippen LogP contribution in [0.3, 0.4) is 0 Å². The van der Waals surface area contributed by atoms with E-state index in [1.807, 2.05) is 0 Å². The van der Waals surface area contributed by atoms with Gasteiger partial charge in [-0.25, -0.2) is 0 Å². The zero-order valence-electron chi connectivity index (χ0n) is 46.6. The fourth-order valence-corrected chi connectivity index (χ4v) is 9.30. The highest BCUT2D eigenvalue weighted by Crippen LogP contribution is 2.18. The normalized spacial score (nSPS) is 12.1. The molecule has 0 heterocycles. The van der Waals surface area contributed by atoms with E-state index in [-0.39, 0.29) is 31.1 Å². The summed E-state index contributed by atoms with van der Waals surface area (Å²) in [7, 11) is 0. The predicted molar refractivity (Wildman–Crippen MR) is 298 cm³/mol. The molecule has 0 aromatic rings. The molecule has 0 rings (SSSR count). The molecule has 0 bridgehead atoms. The summed E-state index contributed by atoms with van der Waals surface area (Å²) in [5, 5.41) is 0. The lowest BCUT2D eigenvalue weighted by molar-refractivity contribution is -0.167. The van der Waals surface area contributed by atoms with Gasteiger partial charge in [0.1, 0.15) is 13.2 Å². The van der Waals surface area contributed by atoms with Gasteiger partial charge in [-0.3, -0.25) is 14.4 Å². The molecule has 406 valence electrons. The second-order valence-electron chi connectivity index (χ2n) is 21.0. The molecule has 0 N–H and O–H groups in total. The zero-order valence-corrected chi connectivity index (χ0v) is 46.6. The molecular weight excluding hydrogens is 853 g/mol. The first-order chi connectivity index (χ1) is 34.0. The fourth-order valence-electron chi connectivity index (χ4n) is 9.30. The summed E-state index contributed by atoms with van der Waals surface area (Å²) in [5.74, 6) is -0.845. The molecule has 0 aliphatic heterocycles. The third-order valence-electron chi connectivity index (χ3n) is 14.0. The van der Waals surface area contributed by atoms with Gasteiger partial charge in [0, 0.05) is 19.3 Å². The maximum Gasteiger partial charge on any atom is 0.306 e. The number of hydrogen-bond acceptors (Lipinski definition) is 6. The number of unbranched alkanes of at least 4 members (excludes halogenated alkanes) is 42. The van der Waals surface area contributed by atoms with Gasteiger partial charge in [-0.1, -0.05) is 295 Å². The van der Waals surface area contributed by atoms with Crippen LogP contribution in [0, 0.1) is 0 Å². The van der Waals surface area contributed by atoms with Crippen molar-refractivity contribution in [3.8, 4) is 0 Å². The van der Waals surface area contributed by atoms with Crippen molar-refractivity contribution in [1.82, 2.24) is 0 Å². The largest absolute Gasteiger partial charge is 0.462 e. The summed E-state index contributed by atoms with van der Waals surface area (Å²) in [6.45, 7) is 6.67. The Hall–Kier alpha value is -2.11. The Kier molecular flexibility index (Phi) is 56.7. The Balaban J connectivity index is 4.29. The van der Waals surface area contributed by atoms with E-state index in [2.05, 4.69) is 45.1 Å². The van der Waals surface area contributed by atoms with Crippen LogP contribution in [0.5, 0.6) is 0 Å². The van der Waals surface area contributed by atoms with Crippen LogP contribution in [0.25, 0.3) is 0 Å². The van der Waals surface area contributed by atoms with Gasteiger partial charge >= 0.3 is 17.9 Å². The number of carbonyl (C=O) groups excluding carboxylic acids is 3. The van der Waals surface area contributed by atoms with Gasteiger partial charge in [-0.2, -0.15) is 0 Å². The molecular formula is C63H118O6. The van der Waals surface area contributed by atoms with E-state index in [0.29, 0.717) is 19.3 Å². The Morgan fingerprint density at radius 2 is 0.522 bits per heavy atom. The molecule has 69 heavy (non-hydrogen) atoms. The third-order valence-corrected chi connectivity index (χ3v) is 14.0. The van der Waals surface area contributed by atoms with Crippen molar-refractivity contribution in [2.45, 2.75) is 348 Å². The number of hydrogen-bond donors (Lipinski definition) is 0. The summed E-state index contributed by atoms with van der Waals surface area (Å²) < 4.78 is 16.9. The maximum atomic E-state index is 12.9. The Bertz CT molecular complexity index is 1110. The molecule has 0 aliphatic carbocycles. The van der Waals surface area contributed by atoms with Crippen LogP contribution in [0.4, 0.5) is 0 Å². The molecule has 0 unspecified atom stereocenters. The lowest BCUT2D eigenvalue weighted by Crippen LogP contribution is -2.30. The van der Waals surface area contributed by atoms with E-state index < -0.39 is 6.10 Å². The van der Waals surface area contributed by atoms with Gasteiger partial charge in [-0.05, 0) is 51.4 Å². The SMILES string of the molecule is CCCCC/C=C/C/C=C/CCCCCCCCCCCC(=O)OC[C@@H](COC(=O)CCCCCCCCCCCCCCC)OC(=O)CCCCCCCCCCCCCCCCCCCCC. The smallest absolute Gasteiger partial charge is 0.306 e. The minimum absolute atomic E-state index is 0.0664. The highest BCUT2D eigenvalue weighted by Gasteiger charge is 2.19. The molecule has 0 saturated heterocycles. The zero-order chi connectivity index (χ0) is 50.0. The fraction of sp³-hybridized carbons (Fsp3) is 0.889. The standard InChI is InChI=1S/C63H118O6/c1-4-7-10-13-16-19-22-25-27-29-31-33-35-38-41-44-47-50-53-56-62(65)68-59-60(58-67-61(64)55-52-49-46-43-40-37-24-21-18-15-12-9-6-3)69-63(66)57-54-51-48-45-42-39-36-34-32-30-28-26-23-20-17-14-11-8-5-2/h16,19,25,27,60H,4-15,17-18,20-24,26,28-59H2,1-3H3/b19-16+,27-25+/t60-/m1/s1. The van der Waals surface area contributed by atoms with Gasteiger partial charge in [0.15, 0.2) is 6.10 Å². The summed E-state index contributed by atoms with van der Waals surface area (Å²) in [5.41, 5.74) is 0. The number of ether oxygens (including phenoxy) is 3. The van der Waals surface area contributed by atoms with Crippen LogP contribution in [-0.2, 0) is 28.6 Å². The van der Waals surface area contributed by atoms with Gasteiger partial charge in [0.25, 0.3) is 0 Å². The first kappa shape index (κ1) is 66.9. The van der Waals surface area contributed by atoms with E-state index in [1.165, 1.54) is 238 Å². The lowest BCUT2D eigenvalue weighted by Gasteiger charge is -2.18. The molecule has 0 fully saturated rings. The quantitative estimate of drug-likeness (QED) is 0.0261. The van der Waals surface area contributed by atoms with Crippen LogP contribution >= 0.6 is 0 Å². The number of carbonyl (C=O) groups is 3. The lowest BCUT2D eigenvalue weighted by atomic mass is 10.0.